The molecule has 1 unspecified atom stereocenters. The Balaban J connectivity index is 1.69. The summed E-state index contributed by atoms with van der Waals surface area (Å²) in [4.78, 5) is 25.4. The molecule has 34 heavy (non-hydrogen) atoms. The van der Waals surface area contributed by atoms with Gasteiger partial charge in [-0.25, -0.2) is 9.59 Å². The van der Waals surface area contributed by atoms with Crippen LogP contribution in [0.2, 0.25) is 5.02 Å². The molecule has 0 fully saturated rings. The lowest BCUT2D eigenvalue weighted by Gasteiger charge is -2.29. The number of carbonyl (C=O) groups is 2. The average molecular weight is 499 g/mol. The molecule has 1 aliphatic rings. The van der Waals surface area contributed by atoms with Gasteiger partial charge < -0.3 is 15.4 Å². The largest absolute Gasteiger partial charge is 0.463 e. The quantitative estimate of drug-likeness (QED) is 0.375. The molecule has 11 heteroatoms. The van der Waals surface area contributed by atoms with Crippen LogP contribution < -0.4 is 10.6 Å². The maximum atomic E-state index is 12.9. The van der Waals surface area contributed by atoms with Gasteiger partial charge in [-0.15, -0.1) is 5.10 Å². The van der Waals surface area contributed by atoms with Gasteiger partial charge in [0.1, 0.15) is 0 Å². The van der Waals surface area contributed by atoms with E-state index in [0.29, 0.717) is 27.0 Å². The zero-order valence-electron chi connectivity index (χ0n) is 18.8. The Bertz CT molecular complexity index is 1260. The molecule has 2 heterocycles. The van der Waals surface area contributed by atoms with Crippen LogP contribution >= 0.6 is 23.4 Å². The van der Waals surface area contributed by atoms with Gasteiger partial charge in [-0.1, -0.05) is 47.6 Å². The summed E-state index contributed by atoms with van der Waals surface area (Å²) >= 11 is 7.33. The third-order valence-corrected chi connectivity index (χ3v) is 6.64. The van der Waals surface area contributed by atoms with Crippen molar-refractivity contribution in [3.05, 3.63) is 75.4 Å². The molecule has 3 aromatic rings. The fraction of sp³-hybridized carbons (Fsp3) is 0.261. The first kappa shape index (κ1) is 23.8. The highest BCUT2D eigenvalue weighted by Crippen LogP contribution is 2.31. The van der Waals surface area contributed by atoms with Gasteiger partial charge in [0.25, 0.3) is 0 Å². The number of halogens is 1. The van der Waals surface area contributed by atoms with Gasteiger partial charge >= 0.3 is 12.0 Å². The topological polar surface area (TPSA) is 111 Å². The van der Waals surface area contributed by atoms with Crippen LogP contribution in [0, 0.1) is 13.8 Å². The number of tetrazole rings is 1. The Morgan fingerprint density at radius 3 is 2.71 bits per heavy atom. The van der Waals surface area contributed by atoms with E-state index in [4.69, 9.17) is 16.3 Å². The van der Waals surface area contributed by atoms with E-state index >= 15 is 0 Å². The lowest BCUT2D eigenvalue weighted by atomic mass is 9.95. The molecule has 0 bridgehead atoms. The Hall–Kier alpha value is -3.37. The number of nitrogens with one attached hydrogen (secondary N) is 2. The standard InChI is InChI=1S/C23H23ClN6O3S/c1-4-33-21(31)19-17(25-22(32)26-20(19)15-8-10-16(24)11-9-15)12-34-23-27-28-29-30(23)18-7-5-6-13(2)14(18)3/h5-11,20H,4,12H2,1-3H3,(H2,25,26,32). The monoisotopic (exact) mass is 498 g/mol. The lowest BCUT2D eigenvalue weighted by Crippen LogP contribution is -2.46. The summed E-state index contributed by atoms with van der Waals surface area (Å²) in [7, 11) is 0. The Kier molecular flexibility index (Phi) is 7.18. The smallest absolute Gasteiger partial charge is 0.338 e. The van der Waals surface area contributed by atoms with Crippen LogP contribution in [0.3, 0.4) is 0 Å². The summed E-state index contributed by atoms with van der Waals surface area (Å²) in [6.45, 7) is 5.96. The number of hydrogen-bond acceptors (Lipinski definition) is 7. The number of nitrogens with zero attached hydrogens (tertiary/aromatic N) is 4. The summed E-state index contributed by atoms with van der Waals surface area (Å²) in [5.74, 6) is -0.267. The molecule has 2 aromatic carbocycles. The van der Waals surface area contributed by atoms with E-state index in [0.717, 1.165) is 16.8 Å². The van der Waals surface area contributed by atoms with Gasteiger partial charge in [0.05, 0.1) is 23.9 Å². The molecule has 2 amide bonds. The number of carbonyl (C=O) groups excluding carboxylic acids is 2. The molecule has 1 aliphatic heterocycles. The maximum absolute atomic E-state index is 12.9. The maximum Gasteiger partial charge on any atom is 0.338 e. The highest BCUT2D eigenvalue weighted by atomic mass is 35.5. The average Bonchev–Trinajstić information content (AvgIpc) is 3.28. The predicted molar refractivity (Wildman–Crippen MR) is 129 cm³/mol. The zero-order chi connectivity index (χ0) is 24.2. The zero-order valence-corrected chi connectivity index (χ0v) is 20.4. The van der Waals surface area contributed by atoms with Crippen LogP contribution in [0.25, 0.3) is 5.69 Å². The van der Waals surface area contributed by atoms with Crippen molar-refractivity contribution in [1.29, 1.82) is 0 Å². The van der Waals surface area contributed by atoms with Crippen molar-refractivity contribution in [3.63, 3.8) is 0 Å². The van der Waals surface area contributed by atoms with Crippen LogP contribution in [-0.2, 0) is 9.53 Å². The van der Waals surface area contributed by atoms with Crippen molar-refractivity contribution in [2.75, 3.05) is 12.4 Å². The van der Waals surface area contributed by atoms with Gasteiger partial charge in [-0.2, -0.15) is 4.68 Å². The van der Waals surface area contributed by atoms with E-state index < -0.39 is 18.0 Å². The normalized spacial score (nSPS) is 15.6. The molecule has 2 N–H and O–H groups in total. The second-order valence-corrected chi connectivity index (χ2v) is 8.96. The first-order chi connectivity index (χ1) is 16.4. The number of aryl methyl sites for hydroxylation is 1. The molecule has 1 aromatic heterocycles. The van der Waals surface area contributed by atoms with Crippen LogP contribution in [0.15, 0.2) is 58.9 Å². The summed E-state index contributed by atoms with van der Waals surface area (Å²) in [5.41, 5.74) is 4.50. The molecule has 4 rings (SSSR count). The third kappa shape index (κ3) is 4.92. The third-order valence-electron chi connectivity index (χ3n) is 5.44. The van der Waals surface area contributed by atoms with Crippen molar-refractivity contribution < 1.29 is 14.3 Å². The first-order valence-electron chi connectivity index (χ1n) is 10.6. The van der Waals surface area contributed by atoms with E-state index in [2.05, 4.69) is 26.2 Å². The SMILES string of the molecule is CCOC(=O)C1=C(CSc2nnnn2-c2cccc(C)c2C)NC(=O)NC1c1ccc(Cl)cc1. The van der Waals surface area contributed by atoms with Crippen molar-refractivity contribution in [2.24, 2.45) is 0 Å². The van der Waals surface area contributed by atoms with Crippen LogP contribution in [0.4, 0.5) is 4.79 Å². The van der Waals surface area contributed by atoms with E-state index in [1.165, 1.54) is 11.8 Å². The van der Waals surface area contributed by atoms with Crippen LogP contribution in [0.5, 0.6) is 0 Å². The number of urea groups is 1. The summed E-state index contributed by atoms with van der Waals surface area (Å²) in [6.07, 6.45) is 0. The minimum Gasteiger partial charge on any atom is -0.463 e. The number of benzene rings is 2. The summed E-state index contributed by atoms with van der Waals surface area (Å²) in [5, 5.41) is 18.8. The molecule has 0 saturated heterocycles. The molecule has 0 spiro atoms. The van der Waals surface area contributed by atoms with Crippen molar-refractivity contribution in [1.82, 2.24) is 30.8 Å². The molecule has 0 radical (unpaired) electrons. The van der Waals surface area contributed by atoms with Gasteiger partial charge in [-0.05, 0) is 66.1 Å². The van der Waals surface area contributed by atoms with E-state index in [1.54, 1.807) is 35.9 Å². The van der Waals surface area contributed by atoms with Gasteiger partial charge in [-0.3, -0.25) is 0 Å². The van der Waals surface area contributed by atoms with Crippen molar-refractivity contribution in [2.45, 2.75) is 32.0 Å². The van der Waals surface area contributed by atoms with Gasteiger partial charge in [0, 0.05) is 16.5 Å². The number of aromatic nitrogens is 4. The van der Waals surface area contributed by atoms with Crippen LogP contribution in [0.1, 0.15) is 29.7 Å². The van der Waals surface area contributed by atoms with E-state index in [9.17, 15) is 9.59 Å². The highest BCUT2D eigenvalue weighted by molar-refractivity contribution is 7.99. The molecule has 1 atom stereocenters. The molecule has 176 valence electrons. The number of amides is 2. The van der Waals surface area contributed by atoms with Crippen molar-refractivity contribution in [3.8, 4) is 5.69 Å². The van der Waals surface area contributed by atoms with Gasteiger partial charge in [0.15, 0.2) is 0 Å². The fourth-order valence-corrected chi connectivity index (χ4v) is 4.59. The Morgan fingerprint density at radius 1 is 1.21 bits per heavy atom. The highest BCUT2D eigenvalue weighted by Gasteiger charge is 2.34. The summed E-state index contributed by atoms with van der Waals surface area (Å²) < 4.78 is 6.96. The number of ether oxygens (including phenoxy) is 1. The molecule has 0 aliphatic carbocycles. The molecule has 0 saturated carbocycles. The first-order valence-corrected chi connectivity index (χ1v) is 12.0. The van der Waals surface area contributed by atoms with Gasteiger partial charge in [0.2, 0.25) is 5.16 Å². The Morgan fingerprint density at radius 2 is 1.97 bits per heavy atom. The lowest BCUT2D eigenvalue weighted by molar-refractivity contribution is -0.139. The number of rotatable bonds is 7. The Labute approximate surface area is 205 Å². The number of esters is 1. The molecular weight excluding hydrogens is 476 g/mol. The second-order valence-electron chi connectivity index (χ2n) is 7.58. The van der Waals surface area contributed by atoms with Crippen molar-refractivity contribution >= 4 is 35.4 Å². The minimum atomic E-state index is -0.685. The predicted octanol–water partition coefficient (Wildman–Crippen LogP) is 3.90. The van der Waals surface area contributed by atoms with E-state index in [-0.39, 0.29) is 12.4 Å². The number of hydrogen-bond donors (Lipinski definition) is 2. The molecule has 9 nitrogen and oxygen atoms in total. The number of thioether (sulfide) groups is 1. The summed E-state index contributed by atoms with van der Waals surface area (Å²) in [6, 6.07) is 11.8. The van der Waals surface area contributed by atoms with Crippen LogP contribution in [-0.4, -0.2) is 44.6 Å². The fourth-order valence-electron chi connectivity index (χ4n) is 3.61. The van der Waals surface area contributed by atoms with E-state index in [1.807, 2.05) is 32.0 Å². The second kappa shape index (κ2) is 10.3. The minimum absolute atomic E-state index is 0.203. The molecular formula is C23H23ClN6O3S.